The van der Waals surface area contributed by atoms with E-state index in [0.29, 0.717) is 4.83 Å². The van der Waals surface area contributed by atoms with Crippen molar-refractivity contribution in [1.29, 1.82) is 0 Å². The molecule has 2 aliphatic rings. The van der Waals surface area contributed by atoms with Crippen LogP contribution in [0.5, 0.6) is 0 Å². The average Bonchev–Trinajstić information content (AvgIpc) is 2.36. The molecule has 0 spiro atoms. The summed E-state index contributed by atoms with van der Waals surface area (Å²) >= 11 is 3.48. The fourth-order valence-corrected chi connectivity index (χ4v) is 1.50. The van der Waals surface area contributed by atoms with Crippen molar-refractivity contribution in [1.82, 2.24) is 0 Å². The van der Waals surface area contributed by atoms with Gasteiger partial charge in [0.05, 0.1) is 16.7 Å². The van der Waals surface area contributed by atoms with Crippen LogP contribution >= 0.6 is 15.9 Å². The first-order chi connectivity index (χ1) is 4.88. The van der Waals surface area contributed by atoms with Crippen LogP contribution in [0.15, 0.2) is 45.9 Å². The second-order valence-electron chi connectivity index (χ2n) is 2.14. The van der Waals surface area contributed by atoms with Crippen LogP contribution < -0.4 is 0 Å². The van der Waals surface area contributed by atoms with Gasteiger partial charge in [-0.2, -0.15) is 10.2 Å². The Morgan fingerprint density at radius 3 is 3.20 bits per heavy atom. The smallest absolute Gasteiger partial charge is 0.0919 e. The predicted octanol–water partition coefficient (Wildman–Crippen LogP) is 2.55. The van der Waals surface area contributed by atoms with E-state index in [1.807, 2.05) is 12.2 Å². The third-order valence-corrected chi connectivity index (χ3v) is 2.29. The summed E-state index contributed by atoms with van der Waals surface area (Å²) in [5, 5.41) is 7.72. The van der Waals surface area contributed by atoms with Crippen LogP contribution in [0.2, 0.25) is 0 Å². The zero-order valence-corrected chi connectivity index (χ0v) is 6.75. The third kappa shape index (κ3) is 0.778. The van der Waals surface area contributed by atoms with Crippen molar-refractivity contribution < 1.29 is 0 Å². The van der Waals surface area contributed by atoms with Gasteiger partial charge in [0.1, 0.15) is 0 Å². The minimum absolute atomic E-state index is 0.294. The van der Waals surface area contributed by atoms with Gasteiger partial charge in [0, 0.05) is 5.57 Å². The molecule has 2 rings (SSSR count). The summed E-state index contributed by atoms with van der Waals surface area (Å²) < 4.78 is 0. The van der Waals surface area contributed by atoms with E-state index in [1.165, 1.54) is 0 Å². The van der Waals surface area contributed by atoms with Crippen molar-refractivity contribution in [2.45, 2.75) is 4.83 Å². The Kier molecular flexibility index (Phi) is 1.31. The Morgan fingerprint density at radius 1 is 1.50 bits per heavy atom. The molecule has 0 saturated carbocycles. The second-order valence-corrected chi connectivity index (χ2v) is 3.12. The number of azo groups is 1. The highest BCUT2D eigenvalue weighted by molar-refractivity contribution is 9.09. The molecule has 50 valence electrons. The van der Waals surface area contributed by atoms with Crippen LogP contribution in [-0.4, -0.2) is 4.83 Å². The Hall–Kier alpha value is -0.700. The summed E-state index contributed by atoms with van der Waals surface area (Å²) in [7, 11) is 0. The zero-order chi connectivity index (χ0) is 6.97. The van der Waals surface area contributed by atoms with E-state index >= 15 is 0 Å². The van der Waals surface area contributed by atoms with E-state index in [4.69, 9.17) is 0 Å². The SMILES string of the molecule is Br[C@@H]1C=CC=C2N=NC=C21. The fourth-order valence-electron chi connectivity index (χ4n) is 0.967. The molecule has 0 saturated heterocycles. The Bertz CT molecular complexity index is 273. The summed E-state index contributed by atoms with van der Waals surface area (Å²) in [5.41, 5.74) is 2.13. The number of rotatable bonds is 0. The van der Waals surface area contributed by atoms with Crippen molar-refractivity contribution in [2.24, 2.45) is 10.2 Å². The van der Waals surface area contributed by atoms with Crippen molar-refractivity contribution in [2.75, 3.05) is 0 Å². The molecular formula is C7H5BrN2. The normalized spacial score (nSPS) is 27.9. The van der Waals surface area contributed by atoms with E-state index in [1.54, 1.807) is 6.20 Å². The molecule has 0 N–H and O–H groups in total. The highest BCUT2D eigenvalue weighted by Crippen LogP contribution is 2.30. The van der Waals surface area contributed by atoms with Crippen molar-refractivity contribution >= 4 is 15.9 Å². The second kappa shape index (κ2) is 2.16. The van der Waals surface area contributed by atoms with Gasteiger partial charge in [0.25, 0.3) is 0 Å². The van der Waals surface area contributed by atoms with Gasteiger partial charge < -0.3 is 0 Å². The number of nitrogens with zero attached hydrogens (tertiary/aromatic N) is 2. The van der Waals surface area contributed by atoms with Crippen molar-refractivity contribution in [3.05, 3.63) is 35.7 Å². The zero-order valence-electron chi connectivity index (χ0n) is 5.16. The number of halogens is 1. The van der Waals surface area contributed by atoms with Crippen LogP contribution in [-0.2, 0) is 0 Å². The lowest BCUT2D eigenvalue weighted by molar-refractivity contribution is 1.18. The van der Waals surface area contributed by atoms with Gasteiger partial charge in [0.2, 0.25) is 0 Å². The molecule has 0 unspecified atom stereocenters. The monoisotopic (exact) mass is 196 g/mol. The summed E-state index contributed by atoms with van der Waals surface area (Å²) in [6.07, 6.45) is 7.79. The molecule has 0 fully saturated rings. The van der Waals surface area contributed by atoms with Gasteiger partial charge in [-0.15, -0.1) is 0 Å². The standard InChI is InChI=1S/C7H5BrN2/c8-6-2-1-3-7-5(6)4-9-10-7/h1-4,6H/t6-/m1/s1. The molecule has 0 radical (unpaired) electrons. The molecule has 2 nitrogen and oxygen atoms in total. The number of hydrogen-bond acceptors (Lipinski definition) is 2. The molecule has 10 heavy (non-hydrogen) atoms. The van der Waals surface area contributed by atoms with E-state index in [0.717, 1.165) is 11.3 Å². The lowest BCUT2D eigenvalue weighted by Crippen LogP contribution is -2.01. The van der Waals surface area contributed by atoms with Gasteiger partial charge in [-0.1, -0.05) is 28.1 Å². The summed E-state index contributed by atoms with van der Waals surface area (Å²) in [6, 6.07) is 0. The maximum absolute atomic E-state index is 3.92. The Morgan fingerprint density at radius 2 is 2.40 bits per heavy atom. The Balaban J connectivity index is 2.45. The van der Waals surface area contributed by atoms with Crippen LogP contribution in [0.25, 0.3) is 0 Å². The first-order valence-corrected chi connectivity index (χ1v) is 3.93. The van der Waals surface area contributed by atoms with E-state index < -0.39 is 0 Å². The molecule has 3 heteroatoms. The minimum Gasteiger partial charge on any atom is -0.158 e. The quantitative estimate of drug-likeness (QED) is 0.533. The van der Waals surface area contributed by atoms with Crippen molar-refractivity contribution in [3.63, 3.8) is 0 Å². The molecule has 0 bridgehead atoms. The van der Waals surface area contributed by atoms with Gasteiger partial charge in [0.15, 0.2) is 0 Å². The highest BCUT2D eigenvalue weighted by atomic mass is 79.9. The van der Waals surface area contributed by atoms with Crippen molar-refractivity contribution in [3.8, 4) is 0 Å². The number of fused-ring (bicyclic) bond motifs is 1. The number of hydrogen-bond donors (Lipinski definition) is 0. The van der Waals surface area contributed by atoms with E-state index in [9.17, 15) is 0 Å². The molecule has 0 aromatic heterocycles. The van der Waals surface area contributed by atoms with Crippen LogP contribution in [0, 0.1) is 0 Å². The third-order valence-electron chi connectivity index (χ3n) is 1.49. The lowest BCUT2D eigenvalue weighted by atomic mass is 10.1. The first kappa shape index (κ1) is 6.04. The summed E-state index contributed by atoms with van der Waals surface area (Å²) in [6.45, 7) is 0. The topological polar surface area (TPSA) is 24.7 Å². The van der Waals surface area contributed by atoms with Gasteiger partial charge in [-0.25, -0.2) is 0 Å². The molecule has 1 atom stereocenters. The average molecular weight is 197 g/mol. The minimum atomic E-state index is 0.294. The molecule has 0 amide bonds. The summed E-state index contributed by atoms with van der Waals surface area (Å²) in [4.78, 5) is 0.294. The molecule has 1 heterocycles. The lowest BCUT2D eigenvalue weighted by Gasteiger charge is -2.08. The number of allylic oxidation sites excluding steroid dienone is 4. The first-order valence-electron chi connectivity index (χ1n) is 3.02. The molecule has 1 aliphatic heterocycles. The Labute approximate surface area is 67.2 Å². The maximum Gasteiger partial charge on any atom is 0.0919 e. The van der Waals surface area contributed by atoms with E-state index in [-0.39, 0.29) is 0 Å². The van der Waals surface area contributed by atoms with Crippen LogP contribution in [0.4, 0.5) is 0 Å². The molecule has 0 aromatic carbocycles. The molecule has 0 aromatic rings. The van der Waals surface area contributed by atoms with Gasteiger partial charge in [-0.05, 0) is 6.08 Å². The summed E-state index contributed by atoms with van der Waals surface area (Å²) in [5.74, 6) is 0. The molecule has 1 aliphatic carbocycles. The van der Waals surface area contributed by atoms with Crippen LogP contribution in [0.1, 0.15) is 0 Å². The van der Waals surface area contributed by atoms with E-state index in [2.05, 4.69) is 32.2 Å². The van der Waals surface area contributed by atoms with Gasteiger partial charge in [-0.3, -0.25) is 0 Å². The maximum atomic E-state index is 3.92. The largest absolute Gasteiger partial charge is 0.158 e. The molecular weight excluding hydrogens is 192 g/mol. The predicted molar refractivity (Wildman–Crippen MR) is 42.9 cm³/mol. The fraction of sp³-hybridized carbons (Fsp3) is 0.143. The van der Waals surface area contributed by atoms with Crippen LogP contribution in [0.3, 0.4) is 0 Å². The van der Waals surface area contributed by atoms with Gasteiger partial charge >= 0.3 is 0 Å². The number of alkyl halides is 1. The highest BCUT2D eigenvalue weighted by Gasteiger charge is 2.17.